The molecule has 0 amide bonds. The smallest absolute Gasteiger partial charge is 0.152 e. The molecule has 0 saturated carbocycles. The van der Waals surface area contributed by atoms with Crippen LogP contribution in [-0.2, 0) is 6.42 Å². The maximum atomic E-state index is 5.82. The highest BCUT2D eigenvalue weighted by atomic mass is 16.3. The summed E-state index contributed by atoms with van der Waals surface area (Å²) < 4.78 is 5.82. The number of aromatic amines is 1. The Balaban J connectivity index is 1.42. The van der Waals surface area contributed by atoms with E-state index < -0.39 is 0 Å². The second kappa shape index (κ2) is 7.87. The number of hydrogen-bond donors (Lipinski definition) is 2. The van der Waals surface area contributed by atoms with Crippen molar-refractivity contribution in [1.29, 1.82) is 0 Å². The van der Waals surface area contributed by atoms with Gasteiger partial charge in [0.2, 0.25) is 0 Å². The minimum absolute atomic E-state index is 0.762. The third-order valence-corrected chi connectivity index (χ3v) is 5.19. The lowest BCUT2D eigenvalue weighted by atomic mass is 10.1. The van der Waals surface area contributed by atoms with Crippen LogP contribution < -0.4 is 5.32 Å². The number of hydrogen-bond acceptors (Lipinski definition) is 4. The molecular formula is C25H22N4O. The van der Waals surface area contributed by atoms with E-state index in [1.807, 2.05) is 43.5 Å². The number of anilines is 1. The van der Waals surface area contributed by atoms with E-state index in [-0.39, 0.29) is 0 Å². The van der Waals surface area contributed by atoms with Crippen molar-refractivity contribution in [2.24, 2.45) is 0 Å². The summed E-state index contributed by atoms with van der Waals surface area (Å²) in [6.45, 7) is 2.72. The predicted octanol–water partition coefficient (Wildman–Crippen LogP) is 5.85. The largest absolute Gasteiger partial charge is 0.460 e. The number of furan rings is 1. The number of para-hydroxylation sites is 1. The van der Waals surface area contributed by atoms with E-state index in [1.165, 1.54) is 16.5 Å². The average Bonchev–Trinajstić information content (AvgIpc) is 3.41. The monoisotopic (exact) mass is 394 g/mol. The van der Waals surface area contributed by atoms with Gasteiger partial charge in [0.25, 0.3) is 0 Å². The molecule has 2 N–H and O–H groups in total. The molecule has 5 rings (SSSR count). The van der Waals surface area contributed by atoms with Gasteiger partial charge in [0.05, 0.1) is 0 Å². The summed E-state index contributed by atoms with van der Waals surface area (Å²) >= 11 is 0. The molecule has 5 aromatic rings. The maximum absolute atomic E-state index is 5.82. The van der Waals surface area contributed by atoms with Gasteiger partial charge < -0.3 is 14.7 Å². The lowest BCUT2D eigenvalue weighted by molar-refractivity contribution is 0.546. The molecule has 0 bridgehead atoms. The number of benzene rings is 1. The lowest BCUT2D eigenvalue weighted by Crippen LogP contribution is -2.06. The normalized spacial score (nSPS) is 11.1. The van der Waals surface area contributed by atoms with Crippen LogP contribution in [0.25, 0.3) is 33.5 Å². The van der Waals surface area contributed by atoms with Gasteiger partial charge in [-0.3, -0.25) is 4.98 Å². The molecule has 1 aromatic carbocycles. The van der Waals surface area contributed by atoms with E-state index in [0.717, 1.165) is 47.1 Å². The summed E-state index contributed by atoms with van der Waals surface area (Å²) in [5.41, 5.74) is 5.36. The van der Waals surface area contributed by atoms with Crippen LogP contribution in [0, 0.1) is 6.92 Å². The number of nitrogens with one attached hydrogen (secondary N) is 2. The number of pyridine rings is 2. The standard InChI is InChI=1S/C25H22N4O/c1-17-8-9-24(30-17)23-13-20(18-5-4-11-26-15-18)14-25(29-23)27-12-10-19-16-28-22-7-3-2-6-21(19)22/h2-9,11,13-16,28H,10,12H2,1H3,(H,27,29). The zero-order valence-corrected chi connectivity index (χ0v) is 16.7. The third-order valence-electron chi connectivity index (χ3n) is 5.19. The molecule has 148 valence electrons. The molecule has 0 aliphatic rings. The van der Waals surface area contributed by atoms with Gasteiger partial charge in [0.15, 0.2) is 5.76 Å². The Bertz CT molecular complexity index is 1290. The van der Waals surface area contributed by atoms with E-state index in [9.17, 15) is 0 Å². The van der Waals surface area contributed by atoms with Gasteiger partial charge in [-0.15, -0.1) is 0 Å². The fraction of sp³-hybridized carbons (Fsp3) is 0.120. The quantitative estimate of drug-likeness (QED) is 0.379. The van der Waals surface area contributed by atoms with Crippen molar-refractivity contribution in [2.75, 3.05) is 11.9 Å². The Morgan fingerprint density at radius 3 is 2.77 bits per heavy atom. The Morgan fingerprint density at radius 2 is 1.93 bits per heavy atom. The van der Waals surface area contributed by atoms with Crippen LogP contribution in [0.4, 0.5) is 5.82 Å². The molecule has 5 nitrogen and oxygen atoms in total. The average molecular weight is 394 g/mol. The second-order valence-corrected chi connectivity index (χ2v) is 7.31. The summed E-state index contributed by atoms with van der Waals surface area (Å²) in [6, 6.07) is 20.4. The van der Waals surface area contributed by atoms with Gasteiger partial charge in [-0.1, -0.05) is 24.3 Å². The molecule has 0 atom stereocenters. The zero-order chi connectivity index (χ0) is 20.3. The van der Waals surface area contributed by atoms with E-state index in [1.54, 1.807) is 6.20 Å². The van der Waals surface area contributed by atoms with Gasteiger partial charge in [0, 0.05) is 41.6 Å². The van der Waals surface area contributed by atoms with Gasteiger partial charge in [-0.25, -0.2) is 4.98 Å². The molecule has 0 radical (unpaired) electrons. The molecule has 0 saturated heterocycles. The molecule has 5 heteroatoms. The molecule has 0 unspecified atom stereocenters. The Labute approximate surface area is 174 Å². The first-order valence-electron chi connectivity index (χ1n) is 10.0. The van der Waals surface area contributed by atoms with Crippen molar-refractivity contribution in [1.82, 2.24) is 15.0 Å². The number of fused-ring (bicyclic) bond motifs is 1. The van der Waals surface area contributed by atoms with Gasteiger partial charge in [0.1, 0.15) is 17.3 Å². The van der Waals surface area contributed by atoms with Crippen molar-refractivity contribution in [2.45, 2.75) is 13.3 Å². The highest BCUT2D eigenvalue weighted by molar-refractivity contribution is 5.83. The molecule has 0 spiro atoms. The highest BCUT2D eigenvalue weighted by Crippen LogP contribution is 2.28. The van der Waals surface area contributed by atoms with Crippen LogP contribution in [0.5, 0.6) is 0 Å². The van der Waals surface area contributed by atoms with E-state index >= 15 is 0 Å². The fourth-order valence-corrected chi connectivity index (χ4v) is 3.68. The number of nitrogens with zero attached hydrogens (tertiary/aromatic N) is 2. The van der Waals surface area contributed by atoms with Crippen LogP contribution in [-0.4, -0.2) is 21.5 Å². The first-order chi connectivity index (χ1) is 14.8. The van der Waals surface area contributed by atoms with Crippen molar-refractivity contribution in [3.8, 4) is 22.6 Å². The van der Waals surface area contributed by atoms with Gasteiger partial charge in [-0.05, 0) is 60.9 Å². The fourth-order valence-electron chi connectivity index (χ4n) is 3.68. The molecule has 30 heavy (non-hydrogen) atoms. The van der Waals surface area contributed by atoms with Crippen molar-refractivity contribution in [3.63, 3.8) is 0 Å². The number of H-pyrrole nitrogens is 1. The molecule has 0 aliphatic carbocycles. The Kier molecular flexibility index (Phi) is 4.77. The topological polar surface area (TPSA) is 66.7 Å². The maximum Gasteiger partial charge on any atom is 0.152 e. The number of rotatable bonds is 6. The van der Waals surface area contributed by atoms with E-state index in [2.05, 4.69) is 51.8 Å². The third kappa shape index (κ3) is 3.70. The van der Waals surface area contributed by atoms with Gasteiger partial charge >= 0.3 is 0 Å². The predicted molar refractivity (Wildman–Crippen MR) is 120 cm³/mol. The first kappa shape index (κ1) is 18.2. The summed E-state index contributed by atoms with van der Waals surface area (Å²) in [6.07, 6.45) is 6.63. The Hall–Kier alpha value is -3.86. The van der Waals surface area contributed by atoms with Crippen LogP contribution in [0.2, 0.25) is 0 Å². The highest BCUT2D eigenvalue weighted by Gasteiger charge is 2.10. The summed E-state index contributed by atoms with van der Waals surface area (Å²) in [4.78, 5) is 12.4. The van der Waals surface area contributed by atoms with E-state index in [0.29, 0.717) is 0 Å². The van der Waals surface area contributed by atoms with Crippen LogP contribution in [0.3, 0.4) is 0 Å². The second-order valence-electron chi connectivity index (χ2n) is 7.31. The molecule has 0 aliphatic heterocycles. The van der Waals surface area contributed by atoms with Crippen molar-refractivity contribution in [3.05, 3.63) is 90.6 Å². The summed E-state index contributed by atoms with van der Waals surface area (Å²) in [7, 11) is 0. The Morgan fingerprint density at radius 1 is 1.00 bits per heavy atom. The first-order valence-corrected chi connectivity index (χ1v) is 10.0. The molecule has 4 aromatic heterocycles. The van der Waals surface area contributed by atoms with Crippen LogP contribution in [0.15, 0.2) is 83.7 Å². The number of aryl methyl sites for hydroxylation is 1. The minimum atomic E-state index is 0.762. The van der Waals surface area contributed by atoms with Crippen molar-refractivity contribution < 1.29 is 4.42 Å². The molecule has 4 heterocycles. The number of aromatic nitrogens is 3. The molecule has 0 fully saturated rings. The summed E-state index contributed by atoms with van der Waals surface area (Å²) in [5, 5.41) is 4.75. The molecular weight excluding hydrogens is 372 g/mol. The lowest BCUT2D eigenvalue weighted by Gasteiger charge is -2.10. The van der Waals surface area contributed by atoms with Crippen LogP contribution in [0.1, 0.15) is 11.3 Å². The van der Waals surface area contributed by atoms with Crippen molar-refractivity contribution >= 4 is 16.7 Å². The van der Waals surface area contributed by atoms with E-state index in [4.69, 9.17) is 9.40 Å². The SMILES string of the molecule is Cc1ccc(-c2cc(-c3cccnc3)cc(NCCc3c[nH]c4ccccc34)n2)o1. The van der Waals surface area contributed by atoms with Gasteiger partial charge in [-0.2, -0.15) is 0 Å². The summed E-state index contributed by atoms with van der Waals surface area (Å²) in [5.74, 6) is 2.45. The zero-order valence-electron chi connectivity index (χ0n) is 16.7. The van der Waals surface area contributed by atoms with Crippen LogP contribution >= 0.6 is 0 Å². The minimum Gasteiger partial charge on any atom is -0.460 e.